The molecule has 0 bridgehead atoms. The van der Waals surface area contributed by atoms with Crippen molar-refractivity contribution < 1.29 is 9.59 Å². The van der Waals surface area contributed by atoms with Gasteiger partial charge in [0.25, 0.3) is 5.91 Å². The van der Waals surface area contributed by atoms with Gasteiger partial charge < -0.3 is 20.9 Å². The molecule has 0 saturated carbocycles. The summed E-state index contributed by atoms with van der Waals surface area (Å²) >= 11 is 0. The summed E-state index contributed by atoms with van der Waals surface area (Å²) < 4.78 is 0. The maximum atomic E-state index is 12.2. The van der Waals surface area contributed by atoms with Gasteiger partial charge in [0.15, 0.2) is 0 Å². The van der Waals surface area contributed by atoms with Gasteiger partial charge in [0.2, 0.25) is 5.91 Å². The summed E-state index contributed by atoms with van der Waals surface area (Å²) in [6.07, 6.45) is 2.62. The Kier molecular flexibility index (Phi) is 5.60. The van der Waals surface area contributed by atoms with E-state index < -0.39 is 5.91 Å². The van der Waals surface area contributed by atoms with Crippen LogP contribution in [0.4, 0.5) is 5.69 Å². The van der Waals surface area contributed by atoms with Gasteiger partial charge >= 0.3 is 0 Å². The van der Waals surface area contributed by atoms with Gasteiger partial charge in [0, 0.05) is 36.4 Å². The van der Waals surface area contributed by atoms with Crippen LogP contribution in [0.5, 0.6) is 0 Å². The Balaban J connectivity index is 1.88. The van der Waals surface area contributed by atoms with Crippen molar-refractivity contribution in [3.63, 3.8) is 0 Å². The van der Waals surface area contributed by atoms with Crippen molar-refractivity contribution in [1.29, 1.82) is 0 Å². The number of nitrogens with zero attached hydrogens (tertiary/aromatic N) is 3. The van der Waals surface area contributed by atoms with Crippen molar-refractivity contribution in [2.24, 2.45) is 11.7 Å². The highest BCUT2D eigenvalue weighted by Crippen LogP contribution is 2.31. The maximum absolute atomic E-state index is 12.2. The molecule has 1 aliphatic rings. The molecular weight excluding hydrogens is 342 g/mol. The Morgan fingerprint density at radius 1 is 1.30 bits per heavy atom. The number of benzene rings is 1. The zero-order valence-electron chi connectivity index (χ0n) is 16.1. The van der Waals surface area contributed by atoms with Gasteiger partial charge in [-0.05, 0) is 50.7 Å². The van der Waals surface area contributed by atoms with Gasteiger partial charge in [-0.1, -0.05) is 6.92 Å². The zero-order valence-corrected chi connectivity index (χ0v) is 16.1. The number of primary amides is 1. The molecule has 2 atom stereocenters. The highest BCUT2D eigenvalue weighted by Gasteiger charge is 2.27. The Bertz CT molecular complexity index is 851. The van der Waals surface area contributed by atoms with E-state index in [1.54, 1.807) is 12.3 Å². The molecule has 1 aliphatic heterocycles. The van der Waals surface area contributed by atoms with Crippen molar-refractivity contribution in [2.45, 2.75) is 19.4 Å². The number of anilines is 1. The molecule has 7 nitrogen and oxygen atoms in total. The third-order valence-electron chi connectivity index (χ3n) is 4.84. The minimum absolute atomic E-state index is 0.0367. The monoisotopic (exact) mass is 369 g/mol. The molecule has 0 unspecified atom stereocenters. The van der Waals surface area contributed by atoms with Gasteiger partial charge in [-0.2, -0.15) is 0 Å². The van der Waals surface area contributed by atoms with Crippen LogP contribution in [0.1, 0.15) is 23.7 Å². The van der Waals surface area contributed by atoms with Crippen LogP contribution < -0.4 is 16.0 Å². The van der Waals surface area contributed by atoms with Gasteiger partial charge in [-0.3, -0.25) is 14.6 Å². The number of hydrogen-bond acceptors (Lipinski definition) is 5. The fraction of sp³-hybridized carbons (Fsp3) is 0.450. The predicted molar refractivity (Wildman–Crippen MR) is 107 cm³/mol. The molecule has 1 saturated heterocycles. The smallest absolute Gasteiger partial charge is 0.250 e. The Hall–Kier alpha value is -2.67. The maximum Gasteiger partial charge on any atom is 0.250 e. The number of amides is 2. The van der Waals surface area contributed by atoms with E-state index in [0.29, 0.717) is 23.5 Å². The van der Waals surface area contributed by atoms with Gasteiger partial charge in [0.05, 0.1) is 17.6 Å². The van der Waals surface area contributed by atoms with Crippen LogP contribution >= 0.6 is 0 Å². The van der Waals surface area contributed by atoms with E-state index in [2.05, 4.69) is 22.1 Å². The van der Waals surface area contributed by atoms with Gasteiger partial charge in [-0.25, -0.2) is 0 Å². The average molecular weight is 369 g/mol. The second-order valence-corrected chi connectivity index (χ2v) is 7.64. The SMILES string of the molecule is C[C@H]1C[C@@H](NC(=O)CN(C)C)CN(c2ccc(C(N)=O)c3ncccc23)C1. The van der Waals surface area contributed by atoms with Crippen LogP contribution in [-0.4, -0.2) is 61.5 Å². The van der Waals surface area contributed by atoms with Crippen LogP contribution in [0.25, 0.3) is 10.9 Å². The summed E-state index contributed by atoms with van der Waals surface area (Å²) in [5.74, 6) is -0.00770. The summed E-state index contributed by atoms with van der Waals surface area (Å²) in [5, 5.41) is 4.05. The number of nitrogens with one attached hydrogen (secondary N) is 1. The number of fused-ring (bicyclic) bond motifs is 1. The lowest BCUT2D eigenvalue weighted by molar-refractivity contribution is -0.122. The molecular formula is C20H27N5O2. The predicted octanol–water partition coefficient (Wildman–Crippen LogP) is 1.23. The van der Waals surface area contributed by atoms with Crippen molar-refractivity contribution in [3.8, 4) is 0 Å². The molecule has 3 rings (SSSR count). The lowest BCUT2D eigenvalue weighted by atomic mass is 9.94. The van der Waals surface area contributed by atoms with Crippen LogP contribution in [-0.2, 0) is 4.79 Å². The number of hydrogen-bond donors (Lipinski definition) is 2. The van der Waals surface area contributed by atoms with E-state index in [1.807, 2.05) is 37.2 Å². The lowest BCUT2D eigenvalue weighted by Crippen LogP contribution is -2.51. The molecule has 0 aliphatic carbocycles. The molecule has 27 heavy (non-hydrogen) atoms. The largest absolute Gasteiger partial charge is 0.369 e. The zero-order chi connectivity index (χ0) is 19.6. The molecule has 3 N–H and O–H groups in total. The van der Waals surface area contributed by atoms with Crippen molar-refractivity contribution in [1.82, 2.24) is 15.2 Å². The topological polar surface area (TPSA) is 91.6 Å². The molecule has 1 aromatic carbocycles. The Labute approximate surface area is 159 Å². The summed E-state index contributed by atoms with van der Waals surface area (Å²) in [6.45, 7) is 4.18. The molecule has 1 fully saturated rings. The second-order valence-electron chi connectivity index (χ2n) is 7.64. The standard InChI is InChI=1S/C20H27N5O2/c1-13-9-14(23-18(26)12-24(2)3)11-25(10-13)17-7-6-16(20(21)27)19-15(17)5-4-8-22-19/h4-8,13-14H,9-12H2,1-3H3,(H2,21,27)(H,23,26)/t13-,14+/m0/s1. The van der Waals surface area contributed by atoms with Crippen LogP contribution in [0.3, 0.4) is 0 Å². The Morgan fingerprint density at radius 3 is 2.78 bits per heavy atom. The molecule has 2 heterocycles. The molecule has 0 radical (unpaired) electrons. The quantitative estimate of drug-likeness (QED) is 0.827. The molecule has 2 aromatic rings. The average Bonchev–Trinajstić information content (AvgIpc) is 2.59. The number of likely N-dealkylation sites (N-methyl/N-ethyl adjacent to an activating group) is 1. The summed E-state index contributed by atoms with van der Waals surface area (Å²) in [6, 6.07) is 7.58. The molecule has 0 spiro atoms. The molecule has 1 aromatic heterocycles. The van der Waals surface area contributed by atoms with E-state index in [1.165, 1.54) is 0 Å². The van der Waals surface area contributed by atoms with Crippen molar-refractivity contribution in [3.05, 3.63) is 36.0 Å². The molecule has 7 heteroatoms. The third-order valence-corrected chi connectivity index (χ3v) is 4.84. The molecule has 144 valence electrons. The second kappa shape index (κ2) is 7.92. The first-order valence-electron chi connectivity index (χ1n) is 9.21. The first-order chi connectivity index (χ1) is 12.8. The van der Waals surface area contributed by atoms with E-state index >= 15 is 0 Å². The number of piperidine rings is 1. The number of nitrogens with two attached hydrogens (primary N) is 1. The van der Waals surface area contributed by atoms with Gasteiger partial charge in [0.1, 0.15) is 0 Å². The Morgan fingerprint density at radius 2 is 2.07 bits per heavy atom. The minimum atomic E-state index is -0.480. The van der Waals surface area contributed by atoms with E-state index in [0.717, 1.165) is 30.6 Å². The normalized spacial score (nSPS) is 20.1. The van der Waals surface area contributed by atoms with E-state index in [4.69, 9.17) is 5.73 Å². The van der Waals surface area contributed by atoms with Gasteiger partial charge in [-0.15, -0.1) is 0 Å². The summed E-state index contributed by atoms with van der Waals surface area (Å²) in [4.78, 5) is 32.4. The highest BCUT2D eigenvalue weighted by molar-refractivity contribution is 6.08. The van der Waals surface area contributed by atoms with Crippen molar-refractivity contribution >= 4 is 28.4 Å². The van der Waals surface area contributed by atoms with Crippen molar-refractivity contribution in [2.75, 3.05) is 38.6 Å². The number of pyridine rings is 1. The first-order valence-corrected chi connectivity index (χ1v) is 9.21. The van der Waals surface area contributed by atoms with Crippen LogP contribution in [0, 0.1) is 5.92 Å². The van der Waals surface area contributed by atoms with E-state index in [9.17, 15) is 9.59 Å². The number of carbonyl (C=O) groups is 2. The lowest BCUT2D eigenvalue weighted by Gasteiger charge is -2.39. The minimum Gasteiger partial charge on any atom is -0.369 e. The highest BCUT2D eigenvalue weighted by atomic mass is 16.2. The molecule has 2 amide bonds. The summed E-state index contributed by atoms with van der Waals surface area (Å²) in [5.41, 5.74) is 7.56. The number of aromatic nitrogens is 1. The fourth-order valence-corrected chi connectivity index (χ4v) is 3.85. The number of rotatable bonds is 5. The number of carbonyl (C=O) groups excluding carboxylic acids is 2. The van der Waals surface area contributed by atoms with Crippen LogP contribution in [0.2, 0.25) is 0 Å². The van der Waals surface area contributed by atoms with Crippen LogP contribution in [0.15, 0.2) is 30.5 Å². The third kappa shape index (κ3) is 4.36. The fourth-order valence-electron chi connectivity index (χ4n) is 3.85. The summed E-state index contributed by atoms with van der Waals surface area (Å²) in [7, 11) is 3.77. The van der Waals surface area contributed by atoms with E-state index in [-0.39, 0.29) is 11.9 Å². The first kappa shape index (κ1) is 19.1.